The first kappa shape index (κ1) is 13.3. The fourth-order valence-electron chi connectivity index (χ4n) is 2.03. The molecule has 1 heterocycles. The Labute approximate surface area is 112 Å². The predicted octanol–water partition coefficient (Wildman–Crippen LogP) is 2.72. The van der Waals surface area contributed by atoms with Crippen LogP contribution in [0.15, 0.2) is 12.1 Å². The maximum Gasteiger partial charge on any atom is 0.294 e. The van der Waals surface area contributed by atoms with Gasteiger partial charge in [0.25, 0.3) is 6.01 Å². The van der Waals surface area contributed by atoms with Gasteiger partial charge in [-0.25, -0.2) is 0 Å². The summed E-state index contributed by atoms with van der Waals surface area (Å²) in [5.41, 5.74) is 3.61. The molecule has 1 N–H and O–H groups in total. The van der Waals surface area contributed by atoms with E-state index < -0.39 is 0 Å². The highest BCUT2D eigenvalue weighted by Gasteiger charge is 2.16. The molecule has 0 saturated carbocycles. The second-order valence-electron chi connectivity index (χ2n) is 4.24. The minimum absolute atomic E-state index is 0.481. The summed E-state index contributed by atoms with van der Waals surface area (Å²) in [4.78, 5) is 7.47. The van der Waals surface area contributed by atoms with E-state index in [1.807, 2.05) is 26.0 Å². The molecule has 5 heteroatoms. The van der Waals surface area contributed by atoms with Gasteiger partial charge in [-0.2, -0.15) is 4.98 Å². The molecule has 1 aromatic heterocycles. The Morgan fingerprint density at radius 1 is 0.947 bits per heavy atom. The predicted molar refractivity (Wildman–Crippen MR) is 73.2 cm³/mol. The molecule has 19 heavy (non-hydrogen) atoms. The molecule has 0 aliphatic carbocycles. The third-order valence-electron chi connectivity index (χ3n) is 3.03. The van der Waals surface area contributed by atoms with Crippen molar-refractivity contribution in [1.82, 2.24) is 9.97 Å². The van der Waals surface area contributed by atoms with Crippen molar-refractivity contribution in [1.29, 1.82) is 0 Å². The first-order valence-corrected chi connectivity index (χ1v) is 5.94. The number of aromatic amines is 1. The first-order chi connectivity index (χ1) is 9.10. The average molecular weight is 262 g/mol. The van der Waals surface area contributed by atoms with E-state index in [9.17, 15) is 0 Å². The molecule has 2 aromatic rings. The summed E-state index contributed by atoms with van der Waals surface area (Å²) in [6.07, 6.45) is 0. The molecule has 0 aliphatic rings. The van der Waals surface area contributed by atoms with Gasteiger partial charge in [0.15, 0.2) is 0 Å². The molecule has 0 spiro atoms. The van der Waals surface area contributed by atoms with Gasteiger partial charge in [0, 0.05) is 11.3 Å². The van der Waals surface area contributed by atoms with Crippen LogP contribution in [0.4, 0.5) is 0 Å². The van der Waals surface area contributed by atoms with Gasteiger partial charge >= 0.3 is 0 Å². The lowest BCUT2D eigenvalue weighted by Gasteiger charge is -2.12. The van der Waals surface area contributed by atoms with Crippen LogP contribution in [0.25, 0.3) is 11.3 Å². The number of H-pyrrole nitrogens is 1. The van der Waals surface area contributed by atoms with Crippen LogP contribution in [-0.4, -0.2) is 31.3 Å². The van der Waals surface area contributed by atoms with E-state index in [-0.39, 0.29) is 0 Å². The fraction of sp³-hybridized carbons (Fsp3) is 0.357. The van der Waals surface area contributed by atoms with Crippen LogP contribution in [-0.2, 0) is 0 Å². The summed E-state index contributed by atoms with van der Waals surface area (Å²) in [5, 5.41) is 0. The van der Waals surface area contributed by atoms with E-state index in [2.05, 4.69) is 9.97 Å². The number of ether oxygens (including phenoxy) is 3. The van der Waals surface area contributed by atoms with E-state index in [0.717, 1.165) is 34.0 Å². The van der Waals surface area contributed by atoms with Gasteiger partial charge < -0.3 is 19.2 Å². The largest absolute Gasteiger partial charge is 0.496 e. The zero-order valence-corrected chi connectivity index (χ0v) is 11.8. The van der Waals surface area contributed by atoms with E-state index in [4.69, 9.17) is 14.2 Å². The summed E-state index contributed by atoms with van der Waals surface area (Å²) in [6.45, 7) is 3.92. The minimum atomic E-state index is 0.481. The molecular formula is C14H18N2O3. The molecule has 0 atom stereocenters. The second-order valence-corrected chi connectivity index (χ2v) is 4.24. The van der Waals surface area contributed by atoms with Crippen LogP contribution < -0.4 is 14.2 Å². The van der Waals surface area contributed by atoms with E-state index in [1.165, 1.54) is 0 Å². The number of rotatable bonds is 4. The zero-order valence-electron chi connectivity index (χ0n) is 11.8. The molecule has 1 aromatic carbocycles. The van der Waals surface area contributed by atoms with Gasteiger partial charge in [0.2, 0.25) is 0 Å². The highest BCUT2D eigenvalue weighted by molar-refractivity contribution is 5.72. The molecule has 0 unspecified atom stereocenters. The Morgan fingerprint density at radius 3 is 2.16 bits per heavy atom. The molecule has 0 radical (unpaired) electrons. The summed E-state index contributed by atoms with van der Waals surface area (Å²) in [6, 6.07) is 4.35. The molecule has 0 amide bonds. The van der Waals surface area contributed by atoms with E-state index in [0.29, 0.717) is 6.01 Å². The van der Waals surface area contributed by atoms with Gasteiger partial charge in [-0.15, -0.1) is 0 Å². The van der Waals surface area contributed by atoms with Crippen LogP contribution in [0.1, 0.15) is 11.3 Å². The Kier molecular flexibility index (Phi) is 3.64. The number of nitrogens with zero attached hydrogens (tertiary/aromatic N) is 1. The van der Waals surface area contributed by atoms with Gasteiger partial charge in [-0.1, -0.05) is 0 Å². The number of imidazole rings is 1. The van der Waals surface area contributed by atoms with Crippen molar-refractivity contribution in [3.8, 4) is 28.8 Å². The fourth-order valence-corrected chi connectivity index (χ4v) is 2.03. The van der Waals surface area contributed by atoms with E-state index in [1.54, 1.807) is 21.3 Å². The Morgan fingerprint density at radius 2 is 1.63 bits per heavy atom. The standard InChI is InChI=1S/C14H18N2O3/c1-8-6-12(18-4)10(7-11(8)17-3)13-9(2)15-14(16-13)19-5/h6-7H,1-5H3,(H,15,16). The second kappa shape index (κ2) is 5.22. The lowest BCUT2D eigenvalue weighted by molar-refractivity contribution is 0.384. The molecule has 0 saturated heterocycles. The Bertz CT molecular complexity index is 591. The smallest absolute Gasteiger partial charge is 0.294 e. The Balaban J connectivity index is 2.62. The number of hydrogen-bond acceptors (Lipinski definition) is 4. The van der Waals surface area contributed by atoms with Crippen LogP contribution in [0.3, 0.4) is 0 Å². The monoisotopic (exact) mass is 262 g/mol. The highest BCUT2D eigenvalue weighted by Crippen LogP contribution is 2.36. The van der Waals surface area contributed by atoms with Crippen molar-refractivity contribution in [3.05, 3.63) is 23.4 Å². The molecule has 5 nitrogen and oxygen atoms in total. The van der Waals surface area contributed by atoms with Gasteiger partial charge in [-0.05, 0) is 31.5 Å². The Hall–Kier alpha value is -2.17. The van der Waals surface area contributed by atoms with Crippen molar-refractivity contribution in [2.24, 2.45) is 0 Å². The molecule has 2 rings (SSSR count). The van der Waals surface area contributed by atoms with Crippen molar-refractivity contribution < 1.29 is 14.2 Å². The highest BCUT2D eigenvalue weighted by atomic mass is 16.5. The average Bonchev–Trinajstić information content (AvgIpc) is 2.79. The molecule has 0 fully saturated rings. The van der Waals surface area contributed by atoms with Gasteiger partial charge in [0.1, 0.15) is 11.5 Å². The SMILES string of the molecule is COc1nc(-c2cc(OC)c(C)cc2OC)c(C)[nH]1. The lowest BCUT2D eigenvalue weighted by atomic mass is 10.1. The summed E-state index contributed by atoms with van der Waals surface area (Å²) < 4.78 is 15.9. The van der Waals surface area contributed by atoms with Crippen LogP contribution >= 0.6 is 0 Å². The summed E-state index contributed by atoms with van der Waals surface area (Å²) in [7, 11) is 4.87. The quantitative estimate of drug-likeness (QED) is 0.920. The number of hydrogen-bond donors (Lipinski definition) is 1. The van der Waals surface area contributed by atoms with Crippen molar-refractivity contribution in [3.63, 3.8) is 0 Å². The summed E-state index contributed by atoms with van der Waals surface area (Å²) in [5.74, 6) is 1.56. The minimum Gasteiger partial charge on any atom is -0.496 e. The number of methoxy groups -OCH3 is 3. The van der Waals surface area contributed by atoms with Crippen LogP contribution in [0.5, 0.6) is 17.5 Å². The van der Waals surface area contributed by atoms with Crippen LogP contribution in [0, 0.1) is 13.8 Å². The maximum atomic E-state index is 5.43. The zero-order chi connectivity index (χ0) is 14.0. The third-order valence-corrected chi connectivity index (χ3v) is 3.03. The molecule has 0 aliphatic heterocycles. The molecular weight excluding hydrogens is 244 g/mol. The number of aromatic nitrogens is 2. The third kappa shape index (κ3) is 2.36. The lowest BCUT2D eigenvalue weighted by Crippen LogP contribution is -1.94. The van der Waals surface area contributed by atoms with E-state index >= 15 is 0 Å². The first-order valence-electron chi connectivity index (χ1n) is 5.94. The normalized spacial score (nSPS) is 10.4. The number of nitrogens with one attached hydrogen (secondary N) is 1. The van der Waals surface area contributed by atoms with Gasteiger partial charge in [0.05, 0.1) is 27.0 Å². The van der Waals surface area contributed by atoms with Crippen molar-refractivity contribution >= 4 is 0 Å². The molecule has 102 valence electrons. The number of benzene rings is 1. The topological polar surface area (TPSA) is 56.4 Å². The van der Waals surface area contributed by atoms with Crippen LogP contribution in [0.2, 0.25) is 0 Å². The number of aryl methyl sites for hydroxylation is 2. The van der Waals surface area contributed by atoms with Crippen molar-refractivity contribution in [2.45, 2.75) is 13.8 Å². The van der Waals surface area contributed by atoms with Crippen molar-refractivity contribution in [2.75, 3.05) is 21.3 Å². The maximum absolute atomic E-state index is 5.43. The van der Waals surface area contributed by atoms with Gasteiger partial charge in [-0.3, -0.25) is 0 Å². The molecule has 0 bridgehead atoms. The summed E-state index contributed by atoms with van der Waals surface area (Å²) >= 11 is 0.